The summed E-state index contributed by atoms with van der Waals surface area (Å²) >= 11 is 0. The van der Waals surface area contributed by atoms with E-state index in [1.165, 1.54) is 18.3 Å². The lowest BCUT2D eigenvalue weighted by Gasteiger charge is -2.32. The average Bonchev–Trinajstić information content (AvgIpc) is 2.69. The summed E-state index contributed by atoms with van der Waals surface area (Å²) in [5, 5.41) is 0. The minimum absolute atomic E-state index is 0.163. The fourth-order valence-corrected chi connectivity index (χ4v) is 2.47. The van der Waals surface area contributed by atoms with E-state index < -0.39 is 30.0 Å². The van der Waals surface area contributed by atoms with Gasteiger partial charge in [0.25, 0.3) is 0 Å². The van der Waals surface area contributed by atoms with Crippen LogP contribution in [-0.2, 0) is 9.31 Å². The van der Waals surface area contributed by atoms with Gasteiger partial charge >= 0.3 is 7.12 Å². The zero-order chi connectivity index (χ0) is 16.8. The number of aromatic nitrogens is 1. The van der Waals surface area contributed by atoms with Crippen molar-refractivity contribution in [1.29, 1.82) is 0 Å². The number of nitrogens with zero attached hydrogens (tertiary/aromatic N) is 1. The van der Waals surface area contributed by atoms with Gasteiger partial charge in [0.05, 0.1) is 17.4 Å². The van der Waals surface area contributed by atoms with Crippen LogP contribution in [-0.4, -0.2) is 23.3 Å². The maximum atomic E-state index is 14.2. The molecular formula is C17H18BF2NO2. The van der Waals surface area contributed by atoms with Gasteiger partial charge in [0.1, 0.15) is 11.6 Å². The molecule has 1 aromatic heterocycles. The molecule has 0 amide bonds. The topological polar surface area (TPSA) is 31.4 Å². The number of halogens is 2. The number of hydrogen-bond acceptors (Lipinski definition) is 3. The van der Waals surface area contributed by atoms with Crippen LogP contribution in [0.15, 0.2) is 36.7 Å². The second-order valence-corrected chi connectivity index (χ2v) is 6.68. The molecule has 0 radical (unpaired) electrons. The normalized spacial score (nSPS) is 19.1. The SMILES string of the molecule is CC1(C)OB(c2ccc(F)c(-c3ccncc3F)c2)OC1(C)C. The Labute approximate surface area is 134 Å². The maximum Gasteiger partial charge on any atom is 0.494 e. The molecule has 0 bridgehead atoms. The largest absolute Gasteiger partial charge is 0.494 e. The molecule has 1 aliphatic heterocycles. The monoisotopic (exact) mass is 317 g/mol. The standard InChI is InChI=1S/C17H18BF2NO2/c1-16(2)17(3,4)23-18(22-16)11-5-6-14(19)13(9-11)12-7-8-21-10-15(12)20/h5-10H,1-4H3. The lowest BCUT2D eigenvalue weighted by atomic mass is 9.78. The Morgan fingerprint density at radius 1 is 0.913 bits per heavy atom. The van der Waals surface area contributed by atoms with E-state index in [4.69, 9.17) is 9.31 Å². The van der Waals surface area contributed by atoms with Crippen LogP contribution in [0, 0.1) is 11.6 Å². The fourth-order valence-electron chi connectivity index (χ4n) is 2.47. The molecule has 2 aromatic rings. The zero-order valence-corrected chi connectivity index (χ0v) is 13.6. The molecule has 23 heavy (non-hydrogen) atoms. The van der Waals surface area contributed by atoms with Crippen molar-refractivity contribution in [1.82, 2.24) is 4.98 Å². The average molecular weight is 317 g/mol. The van der Waals surface area contributed by atoms with Gasteiger partial charge in [0.15, 0.2) is 0 Å². The molecule has 1 fully saturated rings. The highest BCUT2D eigenvalue weighted by molar-refractivity contribution is 6.62. The van der Waals surface area contributed by atoms with Crippen LogP contribution in [0.3, 0.4) is 0 Å². The lowest BCUT2D eigenvalue weighted by molar-refractivity contribution is 0.00578. The highest BCUT2D eigenvalue weighted by Crippen LogP contribution is 2.36. The Bertz CT molecular complexity index is 733. The molecule has 1 saturated heterocycles. The van der Waals surface area contributed by atoms with Crippen LogP contribution < -0.4 is 5.46 Å². The predicted octanol–water partition coefficient (Wildman–Crippen LogP) is 3.33. The first-order valence-corrected chi connectivity index (χ1v) is 7.46. The summed E-state index contributed by atoms with van der Waals surface area (Å²) in [7, 11) is -0.621. The van der Waals surface area contributed by atoms with Gasteiger partial charge in [-0.15, -0.1) is 0 Å². The van der Waals surface area contributed by atoms with Crippen molar-refractivity contribution in [2.75, 3.05) is 0 Å². The molecule has 0 atom stereocenters. The third-order valence-electron chi connectivity index (χ3n) is 4.58. The van der Waals surface area contributed by atoms with Gasteiger partial charge in [0.2, 0.25) is 0 Å². The molecule has 120 valence electrons. The van der Waals surface area contributed by atoms with Gasteiger partial charge in [-0.05, 0) is 45.3 Å². The third-order valence-corrected chi connectivity index (χ3v) is 4.58. The van der Waals surface area contributed by atoms with Crippen LogP contribution in [0.5, 0.6) is 0 Å². The Kier molecular flexibility index (Phi) is 3.77. The smallest absolute Gasteiger partial charge is 0.399 e. The van der Waals surface area contributed by atoms with Crippen molar-refractivity contribution < 1.29 is 18.1 Å². The summed E-state index contributed by atoms with van der Waals surface area (Å²) in [5.74, 6) is -1.08. The Morgan fingerprint density at radius 2 is 1.57 bits per heavy atom. The lowest BCUT2D eigenvalue weighted by Crippen LogP contribution is -2.41. The summed E-state index contributed by atoms with van der Waals surface area (Å²) < 4.78 is 40.0. The van der Waals surface area contributed by atoms with E-state index in [9.17, 15) is 8.78 Å². The number of pyridine rings is 1. The van der Waals surface area contributed by atoms with Gasteiger partial charge in [-0.2, -0.15) is 0 Å². The Balaban J connectivity index is 2.01. The zero-order valence-electron chi connectivity index (χ0n) is 13.6. The van der Waals surface area contributed by atoms with Crippen molar-refractivity contribution >= 4 is 12.6 Å². The highest BCUT2D eigenvalue weighted by atomic mass is 19.1. The predicted molar refractivity (Wildman–Crippen MR) is 85.3 cm³/mol. The first-order valence-electron chi connectivity index (χ1n) is 7.46. The number of benzene rings is 1. The third kappa shape index (κ3) is 2.77. The molecule has 1 aliphatic rings. The van der Waals surface area contributed by atoms with Crippen LogP contribution in [0.25, 0.3) is 11.1 Å². The van der Waals surface area contributed by atoms with Crippen molar-refractivity contribution in [3.63, 3.8) is 0 Å². The van der Waals surface area contributed by atoms with Gasteiger partial charge in [0, 0.05) is 17.3 Å². The van der Waals surface area contributed by atoms with Gasteiger partial charge in [-0.3, -0.25) is 4.98 Å². The molecule has 0 unspecified atom stereocenters. The molecule has 3 rings (SSSR count). The molecule has 0 spiro atoms. The molecule has 0 saturated carbocycles. The van der Waals surface area contributed by atoms with E-state index in [2.05, 4.69) is 4.98 Å². The second kappa shape index (κ2) is 5.39. The number of hydrogen-bond donors (Lipinski definition) is 0. The van der Waals surface area contributed by atoms with Gasteiger partial charge < -0.3 is 9.31 Å². The van der Waals surface area contributed by atoms with E-state index >= 15 is 0 Å². The minimum Gasteiger partial charge on any atom is -0.399 e. The fraction of sp³-hybridized carbons (Fsp3) is 0.353. The summed E-state index contributed by atoms with van der Waals surface area (Å²) in [5.41, 5.74) is -0.00771. The van der Waals surface area contributed by atoms with E-state index in [1.807, 2.05) is 27.7 Å². The first kappa shape index (κ1) is 16.1. The second-order valence-electron chi connectivity index (χ2n) is 6.68. The molecule has 3 nitrogen and oxygen atoms in total. The van der Waals surface area contributed by atoms with Crippen molar-refractivity contribution in [3.8, 4) is 11.1 Å². The first-order chi connectivity index (χ1) is 10.7. The molecule has 6 heteroatoms. The van der Waals surface area contributed by atoms with Crippen LogP contribution >= 0.6 is 0 Å². The van der Waals surface area contributed by atoms with Crippen molar-refractivity contribution in [2.24, 2.45) is 0 Å². The summed E-state index contributed by atoms with van der Waals surface area (Å²) in [6.45, 7) is 7.78. The minimum atomic E-state index is -0.621. The quantitative estimate of drug-likeness (QED) is 0.796. The highest BCUT2D eigenvalue weighted by Gasteiger charge is 2.51. The van der Waals surface area contributed by atoms with Gasteiger partial charge in [-0.1, -0.05) is 12.1 Å². The van der Waals surface area contributed by atoms with E-state index in [-0.39, 0.29) is 11.1 Å². The molecule has 2 heterocycles. The summed E-state index contributed by atoms with van der Waals surface area (Å²) in [6.07, 6.45) is 2.50. The molecule has 1 aromatic carbocycles. The Morgan fingerprint density at radius 3 is 2.17 bits per heavy atom. The van der Waals surface area contributed by atoms with Crippen LogP contribution in [0.2, 0.25) is 0 Å². The number of rotatable bonds is 2. The Hall–Kier alpha value is -1.79. The van der Waals surface area contributed by atoms with Crippen LogP contribution in [0.1, 0.15) is 27.7 Å². The molecule has 0 aliphatic carbocycles. The molecular weight excluding hydrogens is 299 g/mol. The maximum absolute atomic E-state index is 14.2. The van der Waals surface area contributed by atoms with E-state index in [0.717, 1.165) is 6.20 Å². The van der Waals surface area contributed by atoms with Crippen molar-refractivity contribution in [2.45, 2.75) is 38.9 Å². The van der Waals surface area contributed by atoms with E-state index in [0.29, 0.717) is 5.46 Å². The van der Waals surface area contributed by atoms with Crippen LogP contribution in [0.4, 0.5) is 8.78 Å². The van der Waals surface area contributed by atoms with Crippen molar-refractivity contribution in [3.05, 3.63) is 48.3 Å². The summed E-state index contributed by atoms with van der Waals surface area (Å²) in [4.78, 5) is 3.69. The summed E-state index contributed by atoms with van der Waals surface area (Å²) in [6, 6.07) is 5.91. The van der Waals surface area contributed by atoms with Gasteiger partial charge in [-0.25, -0.2) is 8.78 Å². The molecule has 0 N–H and O–H groups in total. The van der Waals surface area contributed by atoms with E-state index in [1.54, 1.807) is 12.1 Å².